The van der Waals surface area contributed by atoms with E-state index in [9.17, 15) is 14.9 Å². The van der Waals surface area contributed by atoms with Crippen LogP contribution in [-0.4, -0.2) is 9.91 Å². The number of nitro groups is 1. The van der Waals surface area contributed by atoms with Gasteiger partial charge in [-0.3, -0.25) is 10.1 Å². The van der Waals surface area contributed by atoms with Crippen LogP contribution in [0.5, 0.6) is 0 Å². The number of aryl methyl sites for hydroxylation is 1. The lowest BCUT2D eigenvalue weighted by molar-refractivity contribution is -0.384. The first-order valence-electron chi connectivity index (χ1n) is 8.01. The van der Waals surface area contributed by atoms with Crippen molar-refractivity contribution in [1.29, 1.82) is 0 Å². The molecule has 27 heavy (non-hydrogen) atoms. The summed E-state index contributed by atoms with van der Waals surface area (Å²) in [7, 11) is 0. The average molecular weight is 379 g/mol. The van der Waals surface area contributed by atoms with E-state index in [0.29, 0.717) is 21.8 Å². The molecule has 2 aromatic carbocycles. The maximum absolute atomic E-state index is 12.3. The number of nitro benzene ring substituents is 1. The molecule has 0 spiro atoms. The molecule has 4 aromatic rings. The smallest absolute Gasteiger partial charge is 0.345 e. The minimum atomic E-state index is -0.538. The molecule has 1 N–H and O–H groups in total. The molecule has 4 rings (SSSR count). The Balaban J connectivity index is 1.71. The molecule has 0 fully saturated rings. The third-order valence-electron chi connectivity index (χ3n) is 3.98. The monoisotopic (exact) mass is 379 g/mol. The minimum Gasteiger partial charge on any atom is -0.422 e. The molecular weight excluding hydrogens is 366 g/mol. The molecule has 0 aliphatic heterocycles. The number of hydrogen-bond acceptors (Lipinski definition) is 7. The second kappa shape index (κ2) is 6.65. The maximum atomic E-state index is 12.3. The summed E-state index contributed by atoms with van der Waals surface area (Å²) < 4.78 is 5.29. The van der Waals surface area contributed by atoms with Crippen molar-refractivity contribution in [2.75, 3.05) is 5.32 Å². The molecule has 0 radical (unpaired) electrons. The van der Waals surface area contributed by atoms with E-state index in [0.717, 1.165) is 11.3 Å². The van der Waals surface area contributed by atoms with E-state index in [1.807, 2.05) is 31.2 Å². The van der Waals surface area contributed by atoms with Crippen LogP contribution in [0.4, 0.5) is 16.5 Å². The first kappa shape index (κ1) is 16.9. The molecule has 2 heterocycles. The predicted octanol–water partition coefficient (Wildman–Crippen LogP) is 4.88. The van der Waals surface area contributed by atoms with Crippen LogP contribution in [0.2, 0.25) is 0 Å². The second-order valence-electron chi connectivity index (χ2n) is 5.96. The van der Waals surface area contributed by atoms with Crippen LogP contribution in [0, 0.1) is 17.0 Å². The van der Waals surface area contributed by atoms with Crippen molar-refractivity contribution in [2.45, 2.75) is 6.92 Å². The van der Waals surface area contributed by atoms with Crippen LogP contribution in [0.3, 0.4) is 0 Å². The van der Waals surface area contributed by atoms with Gasteiger partial charge in [-0.1, -0.05) is 12.1 Å². The third kappa shape index (κ3) is 3.42. The zero-order valence-electron chi connectivity index (χ0n) is 14.1. The largest absolute Gasteiger partial charge is 0.422 e. The van der Waals surface area contributed by atoms with Gasteiger partial charge in [0, 0.05) is 28.6 Å². The lowest BCUT2D eigenvalue weighted by Crippen LogP contribution is -2.03. The van der Waals surface area contributed by atoms with Crippen molar-refractivity contribution in [3.05, 3.63) is 80.0 Å². The molecule has 0 bridgehead atoms. The SMILES string of the molecule is Cc1cccc(Nc2nc(-c3cc4cc([N+](=O)[O-])ccc4oc3=O)cs2)c1. The van der Waals surface area contributed by atoms with Crippen molar-refractivity contribution < 1.29 is 9.34 Å². The van der Waals surface area contributed by atoms with Gasteiger partial charge in [-0.2, -0.15) is 0 Å². The number of nitrogens with zero attached hydrogens (tertiary/aromatic N) is 2. The highest BCUT2D eigenvalue weighted by molar-refractivity contribution is 7.14. The Morgan fingerprint density at radius 2 is 2.04 bits per heavy atom. The fourth-order valence-electron chi connectivity index (χ4n) is 2.70. The Morgan fingerprint density at radius 1 is 1.19 bits per heavy atom. The fourth-order valence-corrected chi connectivity index (χ4v) is 3.43. The molecular formula is C19H13N3O4S. The summed E-state index contributed by atoms with van der Waals surface area (Å²) in [4.78, 5) is 27.2. The molecule has 0 aliphatic rings. The van der Waals surface area contributed by atoms with E-state index in [4.69, 9.17) is 4.42 Å². The van der Waals surface area contributed by atoms with E-state index in [1.165, 1.54) is 29.5 Å². The van der Waals surface area contributed by atoms with Gasteiger partial charge in [0.25, 0.3) is 5.69 Å². The quantitative estimate of drug-likeness (QED) is 0.308. The van der Waals surface area contributed by atoms with Crippen molar-refractivity contribution >= 4 is 38.8 Å². The van der Waals surface area contributed by atoms with Crippen LogP contribution < -0.4 is 10.9 Å². The Bertz CT molecular complexity index is 1230. The number of anilines is 2. The van der Waals surface area contributed by atoms with Crippen LogP contribution in [0.1, 0.15) is 5.56 Å². The van der Waals surface area contributed by atoms with E-state index < -0.39 is 10.5 Å². The van der Waals surface area contributed by atoms with Gasteiger partial charge in [0.15, 0.2) is 5.13 Å². The van der Waals surface area contributed by atoms with Crippen LogP contribution in [-0.2, 0) is 0 Å². The number of rotatable bonds is 4. The van der Waals surface area contributed by atoms with E-state index in [-0.39, 0.29) is 11.3 Å². The van der Waals surface area contributed by atoms with Crippen molar-refractivity contribution in [3.8, 4) is 11.3 Å². The topological polar surface area (TPSA) is 98.3 Å². The molecule has 0 unspecified atom stereocenters. The number of aromatic nitrogens is 1. The Hall–Kier alpha value is -3.52. The zero-order valence-corrected chi connectivity index (χ0v) is 14.9. The number of non-ortho nitro benzene ring substituents is 1. The molecule has 134 valence electrons. The summed E-state index contributed by atoms with van der Waals surface area (Å²) in [5.74, 6) is 0. The summed E-state index contributed by atoms with van der Waals surface area (Å²) in [6.07, 6.45) is 0. The molecule has 8 heteroatoms. The molecule has 0 aliphatic carbocycles. The summed E-state index contributed by atoms with van der Waals surface area (Å²) in [6, 6.07) is 13.5. The summed E-state index contributed by atoms with van der Waals surface area (Å²) in [6.45, 7) is 2.00. The van der Waals surface area contributed by atoms with Crippen LogP contribution >= 0.6 is 11.3 Å². The van der Waals surface area contributed by atoms with Gasteiger partial charge in [0.05, 0.1) is 16.2 Å². The van der Waals surface area contributed by atoms with Gasteiger partial charge in [0.1, 0.15) is 5.58 Å². The standard InChI is InChI=1S/C19H13N3O4S/c1-11-3-2-4-13(7-11)20-19-21-16(10-27-19)15-9-12-8-14(22(24)25)5-6-17(12)26-18(15)23/h2-10H,1H3,(H,20,21). The Labute approximate surface area is 157 Å². The zero-order chi connectivity index (χ0) is 19.0. The highest BCUT2D eigenvalue weighted by Gasteiger charge is 2.14. The van der Waals surface area contributed by atoms with Crippen LogP contribution in [0.25, 0.3) is 22.2 Å². The van der Waals surface area contributed by atoms with Gasteiger partial charge in [-0.25, -0.2) is 9.78 Å². The summed E-state index contributed by atoms with van der Waals surface area (Å²) in [5.41, 5.74) is 2.42. The third-order valence-corrected chi connectivity index (χ3v) is 4.73. The Kier molecular flexibility index (Phi) is 4.17. The first-order chi connectivity index (χ1) is 13.0. The first-order valence-corrected chi connectivity index (χ1v) is 8.89. The summed E-state index contributed by atoms with van der Waals surface area (Å²) >= 11 is 1.36. The molecule has 0 saturated heterocycles. The summed E-state index contributed by atoms with van der Waals surface area (Å²) in [5, 5.41) is 17.0. The lowest BCUT2D eigenvalue weighted by atomic mass is 10.1. The van der Waals surface area contributed by atoms with Gasteiger partial charge < -0.3 is 9.73 Å². The van der Waals surface area contributed by atoms with Gasteiger partial charge in [-0.15, -0.1) is 11.3 Å². The van der Waals surface area contributed by atoms with E-state index in [1.54, 1.807) is 11.4 Å². The number of hydrogen-bond donors (Lipinski definition) is 1. The van der Waals surface area contributed by atoms with Gasteiger partial charge in [0.2, 0.25) is 0 Å². The highest BCUT2D eigenvalue weighted by atomic mass is 32.1. The fraction of sp³-hybridized carbons (Fsp3) is 0.0526. The van der Waals surface area contributed by atoms with Crippen molar-refractivity contribution in [2.24, 2.45) is 0 Å². The number of benzene rings is 2. The average Bonchev–Trinajstić information content (AvgIpc) is 3.09. The minimum absolute atomic E-state index is 0.0672. The van der Waals surface area contributed by atoms with Crippen molar-refractivity contribution in [3.63, 3.8) is 0 Å². The van der Waals surface area contributed by atoms with E-state index >= 15 is 0 Å². The number of thiazole rings is 1. The van der Waals surface area contributed by atoms with Gasteiger partial charge >= 0.3 is 5.63 Å². The number of fused-ring (bicyclic) bond motifs is 1. The highest BCUT2D eigenvalue weighted by Crippen LogP contribution is 2.28. The van der Waals surface area contributed by atoms with Crippen LogP contribution in [0.15, 0.2) is 63.1 Å². The molecule has 0 atom stereocenters. The number of nitrogens with one attached hydrogen (secondary N) is 1. The lowest BCUT2D eigenvalue weighted by Gasteiger charge is -2.03. The Morgan fingerprint density at radius 3 is 2.81 bits per heavy atom. The predicted molar refractivity (Wildman–Crippen MR) is 105 cm³/mol. The second-order valence-corrected chi connectivity index (χ2v) is 6.82. The molecule has 2 aromatic heterocycles. The molecule has 0 amide bonds. The molecule has 0 saturated carbocycles. The molecule has 7 nitrogen and oxygen atoms in total. The van der Waals surface area contributed by atoms with Crippen molar-refractivity contribution in [1.82, 2.24) is 4.98 Å². The maximum Gasteiger partial charge on any atom is 0.345 e. The normalized spacial score (nSPS) is 10.9. The van der Waals surface area contributed by atoms with E-state index in [2.05, 4.69) is 10.3 Å². The van der Waals surface area contributed by atoms with Gasteiger partial charge in [-0.05, 0) is 36.8 Å².